The second-order valence-electron chi connectivity index (χ2n) is 8.59. The van der Waals surface area contributed by atoms with Crippen molar-refractivity contribution in [3.05, 3.63) is 83.4 Å². The largest absolute Gasteiger partial charge is 0.508 e. The molecule has 2 unspecified atom stereocenters. The molecule has 0 aromatic heterocycles. The molecule has 1 saturated heterocycles. The van der Waals surface area contributed by atoms with Gasteiger partial charge >= 0.3 is 0 Å². The van der Waals surface area contributed by atoms with Gasteiger partial charge in [-0.1, -0.05) is 48.5 Å². The average Bonchev–Trinajstić information content (AvgIpc) is 2.73. The number of carbonyl (C=O) groups is 1. The third-order valence-corrected chi connectivity index (χ3v) is 6.79. The predicted octanol–water partition coefficient (Wildman–Crippen LogP) is 4.93. The zero-order valence-corrected chi connectivity index (χ0v) is 16.6. The lowest BCUT2D eigenvalue weighted by atomic mass is 9.61. The van der Waals surface area contributed by atoms with E-state index in [9.17, 15) is 9.90 Å². The number of phenolic OH excluding ortho intramolecular Hbond substituents is 1. The van der Waals surface area contributed by atoms with Gasteiger partial charge in [0, 0.05) is 23.5 Å². The van der Waals surface area contributed by atoms with Gasteiger partial charge < -0.3 is 5.11 Å². The molecule has 0 amide bonds. The van der Waals surface area contributed by atoms with E-state index in [-0.39, 0.29) is 23.0 Å². The number of hydrogen-bond donors (Lipinski definition) is 1. The number of rotatable bonds is 2. The van der Waals surface area contributed by atoms with Crippen molar-refractivity contribution in [2.75, 3.05) is 13.6 Å². The lowest BCUT2D eigenvalue weighted by Crippen LogP contribution is -2.53. The highest BCUT2D eigenvalue weighted by Crippen LogP contribution is 2.48. The van der Waals surface area contributed by atoms with E-state index in [2.05, 4.69) is 54.4 Å². The smallest absolute Gasteiger partial charge is 0.161 e. The fourth-order valence-corrected chi connectivity index (χ4v) is 5.13. The standard InChI is InChI=1S/C26H25NO2/c1-27-12-11-26(21-7-4-8-22(28)15-21)16-24(27)23(25(29)17-26)14-18-9-10-19-5-2-3-6-20(19)13-18/h2-10,13-15,24,28H,11-12,16-17H2,1H3/b23-14+. The second kappa shape index (κ2) is 6.85. The number of benzene rings is 3. The van der Waals surface area contributed by atoms with Crippen LogP contribution in [0, 0.1) is 0 Å². The Hall–Kier alpha value is -2.91. The summed E-state index contributed by atoms with van der Waals surface area (Å²) in [5.41, 5.74) is 2.91. The molecule has 146 valence electrons. The molecule has 3 heteroatoms. The summed E-state index contributed by atoms with van der Waals surface area (Å²) < 4.78 is 0. The number of fused-ring (bicyclic) bond motifs is 3. The first kappa shape index (κ1) is 18.1. The number of hydrogen-bond acceptors (Lipinski definition) is 3. The Morgan fingerprint density at radius 1 is 1.03 bits per heavy atom. The van der Waals surface area contributed by atoms with Gasteiger partial charge in [0.2, 0.25) is 0 Å². The van der Waals surface area contributed by atoms with E-state index in [1.165, 1.54) is 10.8 Å². The number of likely N-dealkylation sites (N-methyl/N-ethyl adjacent to an activating group) is 1. The number of ketones is 1. The Balaban J connectivity index is 1.54. The van der Waals surface area contributed by atoms with E-state index in [1.54, 1.807) is 6.07 Å². The van der Waals surface area contributed by atoms with Crippen LogP contribution in [-0.4, -0.2) is 35.4 Å². The SMILES string of the molecule is CN1CCC2(c3cccc(O)c3)CC(=O)/C(=C/c3ccc4ccccc4c3)C1C2. The monoisotopic (exact) mass is 383 g/mol. The molecule has 1 heterocycles. The predicted molar refractivity (Wildman–Crippen MR) is 117 cm³/mol. The van der Waals surface area contributed by atoms with Crippen LogP contribution < -0.4 is 0 Å². The van der Waals surface area contributed by atoms with Crippen LogP contribution in [-0.2, 0) is 10.2 Å². The number of piperidine rings is 1. The fourth-order valence-electron chi connectivity index (χ4n) is 5.13. The lowest BCUT2D eigenvalue weighted by Gasteiger charge is -2.50. The minimum atomic E-state index is -0.173. The molecule has 1 aliphatic carbocycles. The van der Waals surface area contributed by atoms with Gasteiger partial charge in [-0.3, -0.25) is 9.69 Å². The number of nitrogens with zero attached hydrogens (tertiary/aromatic N) is 1. The van der Waals surface area contributed by atoms with E-state index >= 15 is 0 Å². The molecule has 0 radical (unpaired) electrons. The molecule has 5 rings (SSSR count). The molecule has 1 aliphatic heterocycles. The van der Waals surface area contributed by atoms with E-state index in [1.807, 2.05) is 24.3 Å². The van der Waals surface area contributed by atoms with Gasteiger partial charge in [0.05, 0.1) is 0 Å². The van der Waals surface area contributed by atoms with Gasteiger partial charge in [0.1, 0.15) is 5.75 Å². The van der Waals surface area contributed by atoms with Gasteiger partial charge in [-0.25, -0.2) is 0 Å². The third-order valence-electron chi connectivity index (χ3n) is 6.79. The van der Waals surface area contributed by atoms with Crippen LogP contribution in [0.15, 0.2) is 72.3 Å². The molecule has 0 spiro atoms. The lowest BCUT2D eigenvalue weighted by molar-refractivity contribution is -0.120. The van der Waals surface area contributed by atoms with E-state index < -0.39 is 0 Å². The molecule has 29 heavy (non-hydrogen) atoms. The molecular weight excluding hydrogens is 358 g/mol. The highest BCUT2D eigenvalue weighted by Gasteiger charge is 2.48. The summed E-state index contributed by atoms with van der Waals surface area (Å²) in [7, 11) is 2.11. The topological polar surface area (TPSA) is 40.5 Å². The Morgan fingerprint density at radius 2 is 1.86 bits per heavy atom. The van der Waals surface area contributed by atoms with Gasteiger partial charge in [0.25, 0.3) is 0 Å². The number of Topliss-reactive ketones (excluding diaryl/α,β-unsaturated/α-hetero) is 1. The maximum absolute atomic E-state index is 13.3. The summed E-state index contributed by atoms with van der Waals surface area (Å²) >= 11 is 0. The Labute approximate surface area is 171 Å². The minimum absolute atomic E-state index is 0.110. The molecular formula is C26H25NO2. The number of aromatic hydroxyl groups is 1. The van der Waals surface area contributed by atoms with Gasteiger partial charge in [-0.15, -0.1) is 0 Å². The third kappa shape index (κ3) is 3.16. The van der Waals surface area contributed by atoms with Crippen LogP contribution in [0.1, 0.15) is 30.4 Å². The van der Waals surface area contributed by atoms with Crippen LogP contribution in [0.4, 0.5) is 0 Å². The Bertz CT molecular complexity index is 1130. The summed E-state index contributed by atoms with van der Waals surface area (Å²) in [6.45, 7) is 0.947. The number of carbonyl (C=O) groups excluding carboxylic acids is 1. The van der Waals surface area contributed by atoms with Crippen LogP contribution in [0.5, 0.6) is 5.75 Å². The number of likely N-dealkylation sites (tertiary alicyclic amines) is 1. The highest BCUT2D eigenvalue weighted by atomic mass is 16.3. The van der Waals surface area contributed by atoms with Gasteiger partial charge in [0.15, 0.2) is 5.78 Å². The molecule has 2 aliphatic rings. The van der Waals surface area contributed by atoms with Crippen molar-refractivity contribution in [1.82, 2.24) is 4.90 Å². The molecule has 3 aromatic rings. The van der Waals surface area contributed by atoms with Crippen molar-refractivity contribution in [3.63, 3.8) is 0 Å². The first-order chi connectivity index (χ1) is 14.0. The zero-order chi connectivity index (χ0) is 20.0. The van der Waals surface area contributed by atoms with Crippen molar-refractivity contribution in [2.24, 2.45) is 0 Å². The van der Waals surface area contributed by atoms with Crippen molar-refractivity contribution in [2.45, 2.75) is 30.7 Å². The normalized spacial score (nSPS) is 26.2. The molecule has 3 nitrogen and oxygen atoms in total. The Kier molecular flexibility index (Phi) is 4.29. The zero-order valence-electron chi connectivity index (χ0n) is 16.6. The maximum atomic E-state index is 13.3. The molecule has 2 fully saturated rings. The summed E-state index contributed by atoms with van der Waals surface area (Å²) in [5, 5.41) is 12.4. The molecule has 2 bridgehead atoms. The average molecular weight is 383 g/mol. The van der Waals surface area contributed by atoms with Crippen LogP contribution >= 0.6 is 0 Å². The molecule has 1 N–H and O–H groups in total. The maximum Gasteiger partial charge on any atom is 0.161 e. The van der Waals surface area contributed by atoms with Gasteiger partial charge in [-0.2, -0.15) is 0 Å². The van der Waals surface area contributed by atoms with Crippen LogP contribution in [0.3, 0.4) is 0 Å². The van der Waals surface area contributed by atoms with Crippen molar-refractivity contribution < 1.29 is 9.90 Å². The summed E-state index contributed by atoms with van der Waals surface area (Å²) in [5.74, 6) is 0.501. The highest BCUT2D eigenvalue weighted by molar-refractivity contribution is 6.03. The quantitative estimate of drug-likeness (QED) is 0.638. The second-order valence-corrected chi connectivity index (χ2v) is 8.59. The van der Waals surface area contributed by atoms with Crippen molar-refractivity contribution >= 4 is 22.6 Å². The van der Waals surface area contributed by atoms with Crippen LogP contribution in [0.2, 0.25) is 0 Å². The minimum Gasteiger partial charge on any atom is -0.508 e. The Morgan fingerprint density at radius 3 is 2.69 bits per heavy atom. The molecule has 3 aromatic carbocycles. The van der Waals surface area contributed by atoms with Gasteiger partial charge in [-0.05, 0) is 72.6 Å². The van der Waals surface area contributed by atoms with E-state index in [0.29, 0.717) is 6.42 Å². The number of phenols is 1. The molecule has 2 atom stereocenters. The first-order valence-electron chi connectivity index (χ1n) is 10.3. The summed E-state index contributed by atoms with van der Waals surface area (Å²) in [6, 6.07) is 22.3. The first-order valence-corrected chi connectivity index (χ1v) is 10.3. The van der Waals surface area contributed by atoms with Crippen LogP contribution in [0.25, 0.3) is 16.8 Å². The summed E-state index contributed by atoms with van der Waals surface area (Å²) in [4.78, 5) is 15.6. The fraction of sp³-hybridized carbons (Fsp3) is 0.269. The van der Waals surface area contributed by atoms with E-state index in [0.717, 1.165) is 36.1 Å². The van der Waals surface area contributed by atoms with Crippen molar-refractivity contribution in [3.8, 4) is 5.75 Å². The molecule has 1 saturated carbocycles. The summed E-state index contributed by atoms with van der Waals surface area (Å²) in [6.07, 6.45) is 4.46. The van der Waals surface area contributed by atoms with Crippen molar-refractivity contribution in [1.29, 1.82) is 0 Å². The van der Waals surface area contributed by atoms with E-state index in [4.69, 9.17) is 0 Å².